The second-order valence-electron chi connectivity index (χ2n) is 4.10. The molecule has 0 unspecified atom stereocenters. The first-order chi connectivity index (χ1) is 8.65. The molecule has 0 saturated carbocycles. The van der Waals surface area contributed by atoms with E-state index in [1.807, 2.05) is 0 Å². The Kier molecular flexibility index (Phi) is 6.00. The lowest BCUT2D eigenvalue weighted by Gasteiger charge is -2.07. The molecule has 0 aliphatic rings. The summed E-state index contributed by atoms with van der Waals surface area (Å²) in [4.78, 5) is 11.7. The number of aliphatic hydroxyl groups excluding tert-OH is 1. The minimum Gasteiger partial charge on any atom is -0.508 e. The van der Waals surface area contributed by atoms with Crippen LogP contribution in [0.15, 0.2) is 18.2 Å². The molecular formula is C13H19NO4. The van der Waals surface area contributed by atoms with Crippen molar-refractivity contribution in [3.63, 3.8) is 0 Å². The van der Waals surface area contributed by atoms with Crippen molar-refractivity contribution < 1.29 is 20.1 Å². The van der Waals surface area contributed by atoms with Crippen molar-refractivity contribution in [2.75, 3.05) is 13.2 Å². The summed E-state index contributed by atoms with van der Waals surface area (Å²) in [5.74, 6) is -0.657. The van der Waals surface area contributed by atoms with Crippen LogP contribution in [-0.2, 0) is 0 Å². The van der Waals surface area contributed by atoms with Crippen molar-refractivity contribution in [1.29, 1.82) is 0 Å². The largest absolute Gasteiger partial charge is 0.508 e. The predicted octanol–water partition coefficient (Wildman–Crippen LogP) is 1.38. The normalized spacial score (nSPS) is 10.3. The van der Waals surface area contributed by atoms with Gasteiger partial charge in [0.25, 0.3) is 5.91 Å². The molecule has 1 aromatic carbocycles. The molecule has 0 bridgehead atoms. The van der Waals surface area contributed by atoms with Crippen molar-refractivity contribution in [2.45, 2.75) is 25.7 Å². The highest BCUT2D eigenvalue weighted by atomic mass is 16.3. The average Bonchev–Trinajstić information content (AvgIpc) is 2.33. The number of aliphatic hydroxyl groups is 1. The quantitative estimate of drug-likeness (QED) is 0.553. The fourth-order valence-corrected chi connectivity index (χ4v) is 1.60. The Morgan fingerprint density at radius 2 is 1.83 bits per heavy atom. The van der Waals surface area contributed by atoms with Crippen LogP contribution in [0.3, 0.4) is 0 Å². The molecule has 0 atom stereocenters. The molecule has 1 amide bonds. The second kappa shape index (κ2) is 7.55. The Morgan fingerprint density at radius 3 is 2.50 bits per heavy atom. The van der Waals surface area contributed by atoms with Crippen LogP contribution in [0.25, 0.3) is 0 Å². The molecule has 0 spiro atoms. The molecule has 5 heteroatoms. The van der Waals surface area contributed by atoms with Gasteiger partial charge in [0.05, 0.1) is 5.56 Å². The molecule has 0 heterocycles. The monoisotopic (exact) mass is 253 g/mol. The van der Waals surface area contributed by atoms with Gasteiger partial charge in [0.2, 0.25) is 0 Å². The number of amides is 1. The van der Waals surface area contributed by atoms with Crippen molar-refractivity contribution >= 4 is 5.91 Å². The van der Waals surface area contributed by atoms with Gasteiger partial charge in [-0.05, 0) is 25.0 Å². The molecule has 0 aromatic heterocycles. The van der Waals surface area contributed by atoms with Crippen molar-refractivity contribution in [1.82, 2.24) is 5.32 Å². The van der Waals surface area contributed by atoms with Gasteiger partial charge in [-0.2, -0.15) is 0 Å². The van der Waals surface area contributed by atoms with E-state index in [-0.39, 0.29) is 29.6 Å². The van der Waals surface area contributed by atoms with Gasteiger partial charge in [-0.3, -0.25) is 4.79 Å². The van der Waals surface area contributed by atoms with Crippen LogP contribution in [0.2, 0.25) is 0 Å². The summed E-state index contributed by atoms with van der Waals surface area (Å²) in [6.45, 7) is 0.734. The summed E-state index contributed by atoms with van der Waals surface area (Å²) < 4.78 is 0. The van der Waals surface area contributed by atoms with E-state index in [1.54, 1.807) is 0 Å². The van der Waals surface area contributed by atoms with Gasteiger partial charge in [0.15, 0.2) is 0 Å². The number of hydrogen-bond donors (Lipinski definition) is 4. The molecule has 1 aromatic rings. The number of nitrogens with one attached hydrogen (secondary N) is 1. The number of rotatable bonds is 7. The van der Waals surface area contributed by atoms with Gasteiger partial charge < -0.3 is 20.6 Å². The lowest BCUT2D eigenvalue weighted by Crippen LogP contribution is -2.24. The Morgan fingerprint density at radius 1 is 1.11 bits per heavy atom. The van der Waals surface area contributed by atoms with Crippen LogP contribution >= 0.6 is 0 Å². The zero-order valence-electron chi connectivity index (χ0n) is 10.2. The predicted molar refractivity (Wildman–Crippen MR) is 67.7 cm³/mol. The van der Waals surface area contributed by atoms with Gasteiger partial charge in [-0.25, -0.2) is 0 Å². The third kappa shape index (κ3) is 4.63. The zero-order valence-corrected chi connectivity index (χ0v) is 10.2. The Balaban J connectivity index is 2.32. The van der Waals surface area contributed by atoms with Crippen molar-refractivity contribution in [2.24, 2.45) is 0 Å². The molecule has 4 N–H and O–H groups in total. The smallest absolute Gasteiger partial charge is 0.255 e. The third-order valence-corrected chi connectivity index (χ3v) is 2.60. The van der Waals surface area contributed by atoms with E-state index in [0.29, 0.717) is 6.54 Å². The molecular weight excluding hydrogens is 234 g/mol. The highest BCUT2D eigenvalue weighted by Gasteiger charge is 2.10. The van der Waals surface area contributed by atoms with Crippen molar-refractivity contribution in [3.05, 3.63) is 23.8 Å². The van der Waals surface area contributed by atoms with Crippen LogP contribution < -0.4 is 5.32 Å². The molecule has 1 rings (SSSR count). The number of aromatic hydroxyl groups is 2. The molecule has 0 fully saturated rings. The summed E-state index contributed by atoms with van der Waals surface area (Å²) in [7, 11) is 0. The average molecular weight is 253 g/mol. The summed E-state index contributed by atoms with van der Waals surface area (Å²) in [5, 5.41) is 29.9. The first-order valence-corrected chi connectivity index (χ1v) is 6.06. The topological polar surface area (TPSA) is 89.8 Å². The fraction of sp³-hybridized carbons (Fsp3) is 0.462. The van der Waals surface area contributed by atoms with Crippen LogP contribution in [0.1, 0.15) is 36.0 Å². The number of phenolic OH excluding ortho intramolecular Hbond substituents is 2. The molecule has 0 aliphatic carbocycles. The lowest BCUT2D eigenvalue weighted by atomic mass is 10.1. The molecule has 18 heavy (non-hydrogen) atoms. The van der Waals surface area contributed by atoms with Gasteiger partial charge in [0, 0.05) is 19.2 Å². The van der Waals surface area contributed by atoms with E-state index in [1.165, 1.54) is 12.1 Å². The summed E-state index contributed by atoms with van der Waals surface area (Å²) in [5.41, 5.74) is 0.156. The highest BCUT2D eigenvalue weighted by molar-refractivity contribution is 5.96. The van der Waals surface area contributed by atoms with Crippen LogP contribution in [0, 0.1) is 0 Å². The van der Waals surface area contributed by atoms with Gasteiger partial charge in [-0.1, -0.05) is 12.8 Å². The van der Waals surface area contributed by atoms with E-state index >= 15 is 0 Å². The minimum atomic E-state index is -0.352. The van der Waals surface area contributed by atoms with E-state index in [2.05, 4.69) is 5.32 Å². The Hall–Kier alpha value is -1.75. The number of unbranched alkanes of at least 4 members (excludes halogenated alkanes) is 3. The highest BCUT2D eigenvalue weighted by Crippen LogP contribution is 2.22. The Bertz CT molecular complexity index is 393. The third-order valence-electron chi connectivity index (χ3n) is 2.60. The van der Waals surface area contributed by atoms with Gasteiger partial charge in [0.1, 0.15) is 11.5 Å². The van der Waals surface area contributed by atoms with E-state index in [4.69, 9.17) is 10.2 Å². The second-order valence-corrected chi connectivity index (χ2v) is 4.10. The number of benzene rings is 1. The molecule has 0 saturated heterocycles. The van der Waals surface area contributed by atoms with Gasteiger partial charge in [-0.15, -0.1) is 0 Å². The van der Waals surface area contributed by atoms with E-state index in [0.717, 1.165) is 31.7 Å². The standard InChI is InChI=1S/C13H19NO4/c15-8-4-2-1-3-7-14-13(18)11-6-5-10(16)9-12(11)17/h5-6,9,15-17H,1-4,7-8H2,(H,14,18). The Labute approximate surface area is 106 Å². The first-order valence-electron chi connectivity index (χ1n) is 6.06. The van der Waals surface area contributed by atoms with Crippen LogP contribution in [0.5, 0.6) is 11.5 Å². The SMILES string of the molecule is O=C(NCCCCCCO)c1ccc(O)cc1O. The van der Waals surface area contributed by atoms with E-state index < -0.39 is 0 Å². The minimum absolute atomic E-state index is 0.0759. The fourth-order valence-electron chi connectivity index (χ4n) is 1.60. The zero-order chi connectivity index (χ0) is 13.4. The molecule has 0 aliphatic heterocycles. The van der Waals surface area contributed by atoms with Gasteiger partial charge >= 0.3 is 0 Å². The number of phenols is 2. The maximum atomic E-state index is 11.7. The van der Waals surface area contributed by atoms with Crippen molar-refractivity contribution in [3.8, 4) is 11.5 Å². The molecule has 100 valence electrons. The maximum absolute atomic E-state index is 11.7. The summed E-state index contributed by atoms with van der Waals surface area (Å²) in [6, 6.07) is 3.87. The summed E-state index contributed by atoms with van der Waals surface area (Å²) in [6.07, 6.45) is 3.51. The molecule has 5 nitrogen and oxygen atoms in total. The number of carbonyl (C=O) groups is 1. The number of hydrogen-bond acceptors (Lipinski definition) is 4. The molecule has 0 radical (unpaired) electrons. The lowest BCUT2D eigenvalue weighted by molar-refractivity contribution is 0.0950. The van der Waals surface area contributed by atoms with E-state index in [9.17, 15) is 9.90 Å². The maximum Gasteiger partial charge on any atom is 0.255 e. The number of carbonyl (C=O) groups excluding carboxylic acids is 1. The first kappa shape index (κ1) is 14.3. The summed E-state index contributed by atoms with van der Waals surface area (Å²) >= 11 is 0. The van der Waals surface area contributed by atoms with Crippen LogP contribution in [-0.4, -0.2) is 34.4 Å². The van der Waals surface area contributed by atoms with Crippen LogP contribution in [0.4, 0.5) is 0 Å².